The number of carbonyl (C=O) groups is 1. The van der Waals surface area contributed by atoms with E-state index in [4.69, 9.17) is 0 Å². The lowest BCUT2D eigenvalue weighted by molar-refractivity contribution is -0.120. The minimum atomic E-state index is 0.0348. The largest absolute Gasteiger partial charge is 0.324 e. The molecule has 3 rings (SSSR count). The van der Waals surface area contributed by atoms with Crippen LogP contribution in [0.25, 0.3) is 5.69 Å². The Morgan fingerprint density at radius 2 is 2.30 bits per heavy atom. The maximum absolute atomic E-state index is 12.3. The van der Waals surface area contributed by atoms with Crippen molar-refractivity contribution in [3.05, 3.63) is 36.7 Å². The van der Waals surface area contributed by atoms with Crippen LogP contribution in [0.5, 0.6) is 0 Å². The van der Waals surface area contributed by atoms with Gasteiger partial charge in [-0.3, -0.25) is 4.79 Å². The zero-order valence-electron chi connectivity index (χ0n) is 11.1. The molecule has 1 aromatic heterocycles. The molecular formula is C14H17N5O. The van der Waals surface area contributed by atoms with E-state index in [-0.39, 0.29) is 11.8 Å². The van der Waals surface area contributed by atoms with Gasteiger partial charge in [0.15, 0.2) is 0 Å². The molecule has 2 heterocycles. The molecule has 1 aliphatic rings. The van der Waals surface area contributed by atoms with E-state index in [0.717, 1.165) is 37.3 Å². The Morgan fingerprint density at radius 1 is 1.40 bits per heavy atom. The van der Waals surface area contributed by atoms with Gasteiger partial charge in [0.05, 0.1) is 29.7 Å². The van der Waals surface area contributed by atoms with E-state index in [1.165, 1.54) is 0 Å². The lowest BCUT2D eigenvalue weighted by Crippen LogP contribution is -2.37. The molecule has 0 aliphatic carbocycles. The molecular weight excluding hydrogens is 254 g/mol. The molecule has 2 aromatic rings. The van der Waals surface area contributed by atoms with E-state index in [1.54, 1.807) is 17.1 Å². The summed E-state index contributed by atoms with van der Waals surface area (Å²) in [4.78, 5) is 12.3. The number of hydrogen-bond acceptors (Lipinski definition) is 4. The standard InChI is InChI=1S/C14H17N5O/c20-14(11-4-3-7-15-10-11)17-12-5-1-2-6-13(12)19-9-8-16-18-19/h1-2,5-6,8-9,11,15H,3-4,7,10H2,(H,17,20). The van der Waals surface area contributed by atoms with Gasteiger partial charge < -0.3 is 10.6 Å². The summed E-state index contributed by atoms with van der Waals surface area (Å²) >= 11 is 0. The van der Waals surface area contributed by atoms with Crippen molar-refractivity contribution in [3.63, 3.8) is 0 Å². The molecule has 104 valence electrons. The molecule has 1 aromatic carbocycles. The van der Waals surface area contributed by atoms with E-state index in [2.05, 4.69) is 20.9 Å². The molecule has 20 heavy (non-hydrogen) atoms. The Morgan fingerprint density at radius 3 is 3.05 bits per heavy atom. The number of aromatic nitrogens is 3. The minimum absolute atomic E-state index is 0.0348. The first-order chi connectivity index (χ1) is 9.84. The summed E-state index contributed by atoms with van der Waals surface area (Å²) < 4.78 is 1.65. The van der Waals surface area contributed by atoms with Crippen LogP contribution in [0.3, 0.4) is 0 Å². The molecule has 6 nitrogen and oxygen atoms in total. The lowest BCUT2D eigenvalue weighted by atomic mass is 9.99. The second-order valence-electron chi connectivity index (χ2n) is 4.90. The Kier molecular flexibility index (Phi) is 3.73. The van der Waals surface area contributed by atoms with Gasteiger partial charge in [0.25, 0.3) is 0 Å². The van der Waals surface area contributed by atoms with Gasteiger partial charge in [0, 0.05) is 6.54 Å². The monoisotopic (exact) mass is 271 g/mol. The Bertz CT molecular complexity index is 575. The van der Waals surface area contributed by atoms with Gasteiger partial charge in [-0.15, -0.1) is 5.10 Å². The zero-order valence-corrected chi connectivity index (χ0v) is 11.1. The molecule has 1 saturated heterocycles. The number of para-hydroxylation sites is 2. The quantitative estimate of drug-likeness (QED) is 0.880. The van der Waals surface area contributed by atoms with Crippen LogP contribution in [-0.2, 0) is 4.79 Å². The van der Waals surface area contributed by atoms with Gasteiger partial charge in [-0.05, 0) is 31.5 Å². The van der Waals surface area contributed by atoms with Crippen molar-refractivity contribution in [3.8, 4) is 5.69 Å². The van der Waals surface area contributed by atoms with Gasteiger partial charge in [0.1, 0.15) is 0 Å². The first-order valence-electron chi connectivity index (χ1n) is 6.82. The number of benzene rings is 1. The van der Waals surface area contributed by atoms with E-state index in [0.29, 0.717) is 0 Å². The molecule has 1 fully saturated rings. The highest BCUT2D eigenvalue weighted by Gasteiger charge is 2.21. The number of nitrogens with zero attached hydrogens (tertiary/aromatic N) is 3. The Hall–Kier alpha value is -2.21. The topological polar surface area (TPSA) is 71.8 Å². The van der Waals surface area contributed by atoms with Crippen molar-refractivity contribution in [2.75, 3.05) is 18.4 Å². The van der Waals surface area contributed by atoms with Crippen molar-refractivity contribution in [1.82, 2.24) is 20.3 Å². The van der Waals surface area contributed by atoms with Crippen molar-refractivity contribution >= 4 is 11.6 Å². The molecule has 1 unspecified atom stereocenters. The summed E-state index contributed by atoms with van der Waals surface area (Å²) in [5, 5.41) is 14.0. The molecule has 1 amide bonds. The number of rotatable bonds is 3. The fourth-order valence-corrected chi connectivity index (χ4v) is 2.43. The summed E-state index contributed by atoms with van der Waals surface area (Å²) in [6, 6.07) is 7.60. The third kappa shape index (κ3) is 2.70. The van der Waals surface area contributed by atoms with E-state index in [1.807, 2.05) is 24.3 Å². The number of anilines is 1. The van der Waals surface area contributed by atoms with Crippen molar-refractivity contribution < 1.29 is 4.79 Å². The predicted octanol–water partition coefficient (Wildman–Crippen LogP) is 1.21. The molecule has 1 atom stereocenters. The van der Waals surface area contributed by atoms with Crippen LogP contribution < -0.4 is 10.6 Å². The minimum Gasteiger partial charge on any atom is -0.324 e. The third-order valence-corrected chi connectivity index (χ3v) is 3.50. The fraction of sp³-hybridized carbons (Fsp3) is 0.357. The molecule has 6 heteroatoms. The number of carbonyl (C=O) groups excluding carboxylic acids is 1. The average molecular weight is 271 g/mol. The average Bonchev–Trinajstić information content (AvgIpc) is 3.03. The highest BCUT2D eigenvalue weighted by molar-refractivity contribution is 5.94. The van der Waals surface area contributed by atoms with Crippen LogP contribution in [0.15, 0.2) is 36.7 Å². The lowest BCUT2D eigenvalue weighted by Gasteiger charge is -2.22. The summed E-state index contributed by atoms with van der Waals surface area (Å²) in [6.07, 6.45) is 5.35. The van der Waals surface area contributed by atoms with Crippen molar-refractivity contribution in [2.24, 2.45) is 5.92 Å². The second-order valence-corrected chi connectivity index (χ2v) is 4.90. The maximum Gasteiger partial charge on any atom is 0.228 e. The van der Waals surface area contributed by atoms with Crippen LogP contribution >= 0.6 is 0 Å². The highest BCUT2D eigenvalue weighted by Crippen LogP contribution is 2.20. The van der Waals surface area contributed by atoms with Gasteiger partial charge in [-0.25, -0.2) is 4.68 Å². The molecule has 1 aliphatic heterocycles. The van der Waals surface area contributed by atoms with Crippen molar-refractivity contribution in [1.29, 1.82) is 0 Å². The molecule has 0 bridgehead atoms. The number of hydrogen-bond donors (Lipinski definition) is 2. The van der Waals surface area contributed by atoms with Crippen LogP contribution in [-0.4, -0.2) is 34.0 Å². The van der Waals surface area contributed by atoms with Crippen LogP contribution in [0.4, 0.5) is 5.69 Å². The van der Waals surface area contributed by atoms with Gasteiger partial charge in [0.2, 0.25) is 5.91 Å². The normalized spacial score (nSPS) is 18.7. The Balaban J connectivity index is 1.79. The summed E-state index contributed by atoms with van der Waals surface area (Å²) in [6.45, 7) is 1.75. The second kappa shape index (κ2) is 5.83. The molecule has 2 N–H and O–H groups in total. The summed E-state index contributed by atoms with van der Waals surface area (Å²) in [5.74, 6) is 0.0947. The first kappa shape index (κ1) is 12.8. The zero-order chi connectivity index (χ0) is 13.8. The smallest absolute Gasteiger partial charge is 0.228 e. The first-order valence-corrected chi connectivity index (χ1v) is 6.82. The fourth-order valence-electron chi connectivity index (χ4n) is 2.43. The summed E-state index contributed by atoms with van der Waals surface area (Å²) in [5.41, 5.74) is 1.58. The maximum atomic E-state index is 12.3. The molecule has 0 saturated carbocycles. The van der Waals surface area contributed by atoms with Gasteiger partial charge >= 0.3 is 0 Å². The van der Waals surface area contributed by atoms with E-state index in [9.17, 15) is 4.79 Å². The predicted molar refractivity (Wildman–Crippen MR) is 75.6 cm³/mol. The highest BCUT2D eigenvalue weighted by atomic mass is 16.1. The van der Waals surface area contributed by atoms with Crippen LogP contribution in [0.1, 0.15) is 12.8 Å². The third-order valence-electron chi connectivity index (χ3n) is 3.50. The van der Waals surface area contributed by atoms with E-state index < -0.39 is 0 Å². The van der Waals surface area contributed by atoms with Gasteiger partial charge in [-0.1, -0.05) is 17.3 Å². The number of piperidine rings is 1. The molecule has 0 radical (unpaired) electrons. The number of amides is 1. The van der Waals surface area contributed by atoms with Crippen LogP contribution in [0.2, 0.25) is 0 Å². The number of nitrogens with one attached hydrogen (secondary N) is 2. The van der Waals surface area contributed by atoms with E-state index >= 15 is 0 Å². The molecule has 0 spiro atoms. The van der Waals surface area contributed by atoms with Crippen molar-refractivity contribution in [2.45, 2.75) is 12.8 Å². The summed E-state index contributed by atoms with van der Waals surface area (Å²) in [7, 11) is 0. The van der Waals surface area contributed by atoms with Crippen LogP contribution in [0, 0.1) is 5.92 Å². The Labute approximate surface area is 117 Å². The SMILES string of the molecule is O=C(Nc1ccccc1-n1ccnn1)C1CCCNC1. The van der Waals surface area contributed by atoms with Gasteiger partial charge in [-0.2, -0.15) is 0 Å².